The Morgan fingerprint density at radius 2 is 2.08 bits per heavy atom. The molecule has 1 atom stereocenters. The highest BCUT2D eigenvalue weighted by Gasteiger charge is 2.39. The van der Waals surface area contributed by atoms with Crippen LogP contribution in [-0.4, -0.2) is 23.0 Å². The van der Waals surface area contributed by atoms with Gasteiger partial charge in [0.1, 0.15) is 5.75 Å². The summed E-state index contributed by atoms with van der Waals surface area (Å²) in [5.74, 6) is -0.791. The first kappa shape index (κ1) is 17.3. The number of carbonyl (C=O) groups excluding carboxylic acids is 2. The minimum absolute atomic E-state index is 0.0458. The normalized spacial score (nSPS) is 20.5. The van der Waals surface area contributed by atoms with E-state index in [4.69, 9.17) is 4.74 Å². The molecule has 0 amide bonds. The molecule has 132 valence electrons. The summed E-state index contributed by atoms with van der Waals surface area (Å²) in [6, 6.07) is 6.74. The average molecular weight is 341 g/mol. The molecule has 25 heavy (non-hydrogen) atoms. The SMILES string of the molecule is CC1=C(C(=O)OC(C)C)C(c2cccc(O)c2)C2=C(CCCC2=O)N1. The summed E-state index contributed by atoms with van der Waals surface area (Å²) in [4.78, 5) is 25.4. The lowest BCUT2D eigenvalue weighted by atomic mass is 9.75. The molecular weight excluding hydrogens is 318 g/mol. The molecule has 5 heteroatoms. The predicted octanol–water partition coefficient (Wildman–Crippen LogP) is 3.31. The first-order valence-electron chi connectivity index (χ1n) is 8.62. The zero-order chi connectivity index (χ0) is 18.1. The molecule has 0 bridgehead atoms. The fourth-order valence-electron chi connectivity index (χ4n) is 3.57. The number of ketones is 1. The van der Waals surface area contributed by atoms with Gasteiger partial charge < -0.3 is 15.2 Å². The van der Waals surface area contributed by atoms with Crippen LogP contribution < -0.4 is 5.32 Å². The molecular formula is C20H23NO4. The number of ether oxygens (including phenoxy) is 1. The van der Waals surface area contributed by atoms with E-state index < -0.39 is 11.9 Å². The third-order valence-electron chi connectivity index (χ3n) is 4.54. The summed E-state index contributed by atoms with van der Waals surface area (Å²) >= 11 is 0. The van der Waals surface area contributed by atoms with E-state index in [1.807, 2.05) is 13.0 Å². The Labute approximate surface area is 147 Å². The van der Waals surface area contributed by atoms with Crippen LogP contribution in [0.25, 0.3) is 0 Å². The van der Waals surface area contributed by atoms with Crippen LogP contribution in [-0.2, 0) is 14.3 Å². The summed E-state index contributed by atoms with van der Waals surface area (Å²) in [6.45, 7) is 5.42. The number of esters is 1. The maximum Gasteiger partial charge on any atom is 0.337 e. The van der Waals surface area contributed by atoms with Crippen LogP contribution in [0.1, 0.15) is 51.5 Å². The molecule has 1 aromatic rings. The topological polar surface area (TPSA) is 75.6 Å². The van der Waals surface area contributed by atoms with Gasteiger partial charge in [0, 0.05) is 29.3 Å². The number of rotatable bonds is 3. The lowest BCUT2D eigenvalue weighted by molar-refractivity contribution is -0.143. The van der Waals surface area contributed by atoms with E-state index in [0.717, 1.165) is 24.1 Å². The van der Waals surface area contributed by atoms with Crippen LogP contribution in [0.15, 0.2) is 46.8 Å². The second-order valence-corrected chi connectivity index (χ2v) is 6.81. The second-order valence-electron chi connectivity index (χ2n) is 6.81. The number of hydrogen-bond donors (Lipinski definition) is 2. The van der Waals surface area contributed by atoms with E-state index in [0.29, 0.717) is 23.3 Å². The maximum absolute atomic E-state index is 12.8. The van der Waals surface area contributed by atoms with Crippen molar-refractivity contribution in [2.24, 2.45) is 0 Å². The van der Waals surface area contributed by atoms with Gasteiger partial charge in [-0.1, -0.05) is 12.1 Å². The number of nitrogens with one attached hydrogen (secondary N) is 1. The van der Waals surface area contributed by atoms with Gasteiger partial charge in [0.25, 0.3) is 0 Å². The smallest absolute Gasteiger partial charge is 0.337 e. The van der Waals surface area contributed by atoms with E-state index in [2.05, 4.69) is 5.32 Å². The zero-order valence-corrected chi connectivity index (χ0v) is 14.8. The molecule has 1 aliphatic heterocycles. The molecule has 0 fully saturated rings. The Balaban J connectivity index is 2.15. The lowest BCUT2D eigenvalue weighted by Gasteiger charge is -2.34. The number of carbonyl (C=O) groups is 2. The van der Waals surface area contributed by atoms with Gasteiger partial charge >= 0.3 is 5.97 Å². The molecule has 0 saturated heterocycles. The summed E-state index contributed by atoms with van der Waals surface area (Å²) < 4.78 is 5.42. The summed E-state index contributed by atoms with van der Waals surface area (Å²) in [5.41, 5.74) is 3.36. The summed E-state index contributed by atoms with van der Waals surface area (Å²) in [7, 11) is 0. The van der Waals surface area contributed by atoms with Crippen molar-refractivity contribution >= 4 is 11.8 Å². The van der Waals surface area contributed by atoms with E-state index in [1.54, 1.807) is 32.0 Å². The van der Waals surface area contributed by atoms with E-state index >= 15 is 0 Å². The molecule has 3 rings (SSSR count). The highest BCUT2D eigenvalue weighted by molar-refractivity contribution is 6.03. The summed E-state index contributed by atoms with van der Waals surface area (Å²) in [6.07, 6.45) is 1.80. The van der Waals surface area contributed by atoms with Gasteiger partial charge in [-0.15, -0.1) is 0 Å². The zero-order valence-electron chi connectivity index (χ0n) is 14.8. The quantitative estimate of drug-likeness (QED) is 0.825. The van der Waals surface area contributed by atoms with Gasteiger partial charge in [0.15, 0.2) is 5.78 Å². The molecule has 0 radical (unpaired) electrons. The highest BCUT2D eigenvalue weighted by atomic mass is 16.5. The monoisotopic (exact) mass is 341 g/mol. The number of phenols is 1. The number of hydrogen-bond acceptors (Lipinski definition) is 5. The van der Waals surface area contributed by atoms with Gasteiger partial charge in [-0.2, -0.15) is 0 Å². The molecule has 2 aliphatic rings. The first-order chi connectivity index (χ1) is 11.9. The van der Waals surface area contributed by atoms with Gasteiger partial charge in [-0.25, -0.2) is 4.79 Å². The molecule has 1 unspecified atom stereocenters. The fourth-order valence-corrected chi connectivity index (χ4v) is 3.57. The molecule has 0 spiro atoms. The second kappa shape index (κ2) is 6.75. The summed E-state index contributed by atoms with van der Waals surface area (Å²) in [5, 5.41) is 13.1. The molecule has 2 N–H and O–H groups in total. The minimum atomic E-state index is -0.512. The Morgan fingerprint density at radius 3 is 2.76 bits per heavy atom. The molecule has 0 aromatic heterocycles. The van der Waals surface area contributed by atoms with E-state index in [9.17, 15) is 14.7 Å². The van der Waals surface area contributed by atoms with Gasteiger partial charge in [0.05, 0.1) is 11.7 Å². The van der Waals surface area contributed by atoms with Crippen LogP contribution in [0, 0.1) is 0 Å². The molecule has 5 nitrogen and oxygen atoms in total. The third-order valence-corrected chi connectivity index (χ3v) is 4.54. The van der Waals surface area contributed by atoms with Crippen molar-refractivity contribution in [3.8, 4) is 5.75 Å². The predicted molar refractivity (Wildman–Crippen MR) is 93.8 cm³/mol. The van der Waals surface area contributed by atoms with Gasteiger partial charge in [-0.05, 0) is 51.3 Å². The largest absolute Gasteiger partial charge is 0.508 e. The number of aromatic hydroxyl groups is 1. The first-order valence-corrected chi connectivity index (χ1v) is 8.62. The van der Waals surface area contributed by atoms with Crippen molar-refractivity contribution in [1.29, 1.82) is 0 Å². The Bertz CT molecular complexity index is 789. The number of dihydropyridines is 1. The number of phenolic OH excluding ortho intramolecular Hbond substituents is 1. The Hall–Kier alpha value is -2.56. The minimum Gasteiger partial charge on any atom is -0.508 e. The van der Waals surface area contributed by atoms with Crippen LogP contribution in [0.4, 0.5) is 0 Å². The van der Waals surface area contributed by atoms with Crippen molar-refractivity contribution < 1.29 is 19.4 Å². The molecule has 1 heterocycles. The molecule has 1 aromatic carbocycles. The van der Waals surface area contributed by atoms with Gasteiger partial charge in [-0.3, -0.25) is 4.79 Å². The average Bonchev–Trinajstić information content (AvgIpc) is 2.53. The Kier molecular flexibility index (Phi) is 4.66. The van der Waals surface area contributed by atoms with Crippen molar-refractivity contribution in [3.05, 3.63) is 52.4 Å². The van der Waals surface area contributed by atoms with Crippen molar-refractivity contribution in [2.75, 3.05) is 0 Å². The van der Waals surface area contributed by atoms with Crippen molar-refractivity contribution in [1.82, 2.24) is 5.32 Å². The van der Waals surface area contributed by atoms with Crippen molar-refractivity contribution in [2.45, 2.75) is 52.1 Å². The third kappa shape index (κ3) is 3.31. The lowest BCUT2D eigenvalue weighted by Crippen LogP contribution is -2.34. The van der Waals surface area contributed by atoms with Crippen LogP contribution in [0.3, 0.4) is 0 Å². The van der Waals surface area contributed by atoms with Crippen LogP contribution >= 0.6 is 0 Å². The Morgan fingerprint density at radius 1 is 1.32 bits per heavy atom. The van der Waals surface area contributed by atoms with Gasteiger partial charge in [0.2, 0.25) is 0 Å². The van der Waals surface area contributed by atoms with E-state index in [-0.39, 0.29) is 17.6 Å². The standard InChI is InChI=1S/C20H23NO4/c1-11(2)25-20(24)17-12(3)21-15-8-5-9-16(23)19(15)18(17)13-6-4-7-14(22)10-13/h4,6-7,10-11,18,21-22H,5,8-9H2,1-3H3. The molecule has 0 saturated carbocycles. The van der Waals surface area contributed by atoms with Crippen molar-refractivity contribution in [3.63, 3.8) is 0 Å². The van der Waals surface area contributed by atoms with Crippen LogP contribution in [0.2, 0.25) is 0 Å². The molecule has 1 aliphatic carbocycles. The van der Waals surface area contributed by atoms with E-state index in [1.165, 1.54) is 0 Å². The number of benzene rings is 1. The van der Waals surface area contributed by atoms with Crippen LogP contribution in [0.5, 0.6) is 5.75 Å². The fraction of sp³-hybridized carbons (Fsp3) is 0.400. The maximum atomic E-state index is 12.8. The number of Topliss-reactive ketones (excluding diaryl/α,β-unsaturated/α-hetero) is 1. The highest BCUT2D eigenvalue weighted by Crippen LogP contribution is 2.43. The number of allylic oxidation sites excluding steroid dienone is 3.